The van der Waals surface area contributed by atoms with E-state index in [0.717, 1.165) is 5.56 Å². The maximum Gasteiger partial charge on any atom is 0.272 e. The van der Waals surface area contributed by atoms with Gasteiger partial charge in [-0.1, -0.05) is 11.6 Å². The third-order valence-corrected chi connectivity index (χ3v) is 3.71. The summed E-state index contributed by atoms with van der Waals surface area (Å²) in [5.74, 6) is 1.70. The Hall–Kier alpha value is -2.47. The molecule has 0 aromatic heterocycles. The Bertz CT molecular complexity index is 762. The molecule has 7 heteroatoms. The van der Waals surface area contributed by atoms with Crippen molar-refractivity contribution in [1.82, 2.24) is 0 Å². The smallest absolute Gasteiger partial charge is 0.272 e. The number of hydrogen-bond donors (Lipinski definition) is 0. The van der Waals surface area contributed by atoms with E-state index < -0.39 is 4.92 Å². The van der Waals surface area contributed by atoms with Gasteiger partial charge in [0.2, 0.25) is 0 Å². The van der Waals surface area contributed by atoms with Gasteiger partial charge in [0.1, 0.15) is 25.6 Å². The molecule has 0 aliphatic carbocycles. The topological polar surface area (TPSA) is 70.8 Å². The van der Waals surface area contributed by atoms with E-state index in [1.54, 1.807) is 25.1 Å². The summed E-state index contributed by atoms with van der Waals surface area (Å²) in [4.78, 5) is 10.4. The zero-order valence-electron chi connectivity index (χ0n) is 12.4. The highest BCUT2D eigenvalue weighted by Gasteiger charge is 2.17. The average Bonchev–Trinajstić information content (AvgIpc) is 2.53. The lowest BCUT2D eigenvalue weighted by Gasteiger charge is -2.20. The summed E-state index contributed by atoms with van der Waals surface area (Å²) in [6.07, 6.45) is 0. The van der Waals surface area contributed by atoms with Gasteiger partial charge in [0.15, 0.2) is 11.5 Å². The summed E-state index contributed by atoms with van der Waals surface area (Å²) in [6.45, 7) is 2.90. The Morgan fingerprint density at radius 2 is 2.04 bits per heavy atom. The predicted molar refractivity (Wildman–Crippen MR) is 84.6 cm³/mol. The van der Waals surface area contributed by atoms with Gasteiger partial charge in [-0.2, -0.15) is 0 Å². The van der Waals surface area contributed by atoms with E-state index in [0.29, 0.717) is 41.0 Å². The molecule has 0 saturated carbocycles. The van der Waals surface area contributed by atoms with E-state index in [2.05, 4.69) is 0 Å². The molecule has 120 valence electrons. The van der Waals surface area contributed by atoms with Gasteiger partial charge in [0, 0.05) is 11.6 Å². The van der Waals surface area contributed by atoms with Gasteiger partial charge in [0.25, 0.3) is 5.69 Å². The number of hydrogen-bond acceptors (Lipinski definition) is 5. The van der Waals surface area contributed by atoms with E-state index in [1.165, 1.54) is 6.07 Å². The van der Waals surface area contributed by atoms with E-state index >= 15 is 0 Å². The van der Waals surface area contributed by atoms with Gasteiger partial charge >= 0.3 is 0 Å². The number of nitro groups is 1. The molecule has 0 unspecified atom stereocenters. The molecule has 0 radical (unpaired) electrons. The second-order valence-electron chi connectivity index (χ2n) is 5.10. The van der Waals surface area contributed by atoms with E-state index in [9.17, 15) is 10.1 Å². The van der Waals surface area contributed by atoms with Crippen molar-refractivity contribution in [3.05, 3.63) is 56.6 Å². The molecule has 0 fully saturated rings. The molecule has 3 rings (SSSR count). The molecule has 1 aliphatic heterocycles. The molecule has 0 saturated heterocycles. The maximum atomic E-state index is 10.8. The van der Waals surface area contributed by atoms with Crippen LogP contribution < -0.4 is 14.2 Å². The van der Waals surface area contributed by atoms with Gasteiger partial charge in [0.05, 0.1) is 9.95 Å². The molecule has 2 aromatic rings. The summed E-state index contributed by atoms with van der Waals surface area (Å²) < 4.78 is 16.7. The van der Waals surface area contributed by atoms with Gasteiger partial charge in [-0.05, 0) is 36.8 Å². The quantitative estimate of drug-likeness (QED) is 0.626. The third kappa shape index (κ3) is 3.32. The molecule has 0 amide bonds. The highest BCUT2D eigenvalue weighted by Crippen LogP contribution is 2.38. The van der Waals surface area contributed by atoms with Gasteiger partial charge in [-0.15, -0.1) is 0 Å². The number of nitro benzene ring substituents is 1. The van der Waals surface area contributed by atoms with Crippen LogP contribution in [0.15, 0.2) is 30.3 Å². The van der Waals surface area contributed by atoms with Crippen molar-refractivity contribution in [3.63, 3.8) is 0 Å². The number of halogens is 1. The fraction of sp³-hybridized carbons (Fsp3) is 0.250. The van der Waals surface area contributed by atoms with Crippen LogP contribution in [0.2, 0.25) is 5.02 Å². The van der Waals surface area contributed by atoms with Crippen LogP contribution >= 0.6 is 11.6 Å². The molecule has 1 heterocycles. The molecule has 6 nitrogen and oxygen atoms in total. The molecule has 0 atom stereocenters. The molecule has 0 bridgehead atoms. The van der Waals surface area contributed by atoms with Gasteiger partial charge in [-0.25, -0.2) is 0 Å². The fourth-order valence-electron chi connectivity index (χ4n) is 2.34. The Morgan fingerprint density at radius 3 is 2.78 bits per heavy atom. The monoisotopic (exact) mass is 335 g/mol. The number of fused-ring (bicyclic) bond motifs is 1. The number of aryl methyl sites for hydroxylation is 1. The predicted octanol–water partition coefficient (Wildman–Crippen LogP) is 3.91. The highest BCUT2D eigenvalue weighted by molar-refractivity contribution is 6.32. The summed E-state index contributed by atoms with van der Waals surface area (Å²) in [7, 11) is 0. The van der Waals surface area contributed by atoms with Crippen LogP contribution in [0.3, 0.4) is 0 Å². The summed E-state index contributed by atoms with van der Waals surface area (Å²) >= 11 is 6.17. The van der Waals surface area contributed by atoms with Crippen LogP contribution in [-0.2, 0) is 6.61 Å². The van der Waals surface area contributed by atoms with Crippen molar-refractivity contribution in [2.45, 2.75) is 13.5 Å². The maximum absolute atomic E-state index is 10.8. The van der Waals surface area contributed by atoms with Crippen molar-refractivity contribution < 1.29 is 19.1 Å². The van der Waals surface area contributed by atoms with Gasteiger partial charge in [-0.3, -0.25) is 10.1 Å². The molecule has 23 heavy (non-hydrogen) atoms. The minimum absolute atomic E-state index is 0.0692. The molecule has 0 spiro atoms. The SMILES string of the molecule is Cc1cc(OCc2cc(Cl)c3c(c2)OCCO3)ccc1[N+](=O)[O-]. The molecule has 2 aromatic carbocycles. The fourth-order valence-corrected chi connectivity index (χ4v) is 2.62. The van der Waals surface area contributed by atoms with E-state index in [4.69, 9.17) is 25.8 Å². The first kappa shape index (κ1) is 15.4. The minimum Gasteiger partial charge on any atom is -0.489 e. The second-order valence-corrected chi connectivity index (χ2v) is 5.50. The zero-order chi connectivity index (χ0) is 16.4. The number of nitrogens with zero attached hydrogens (tertiary/aromatic N) is 1. The summed E-state index contributed by atoms with van der Waals surface area (Å²) in [5.41, 5.74) is 1.45. The van der Waals surface area contributed by atoms with Crippen LogP contribution in [0.1, 0.15) is 11.1 Å². The zero-order valence-corrected chi connectivity index (χ0v) is 13.1. The standard InChI is InChI=1S/C16H14ClNO5/c1-10-6-12(2-3-14(10)18(19)20)23-9-11-7-13(17)16-15(8-11)21-4-5-22-16/h2-3,6-8H,4-5,9H2,1H3. The lowest BCUT2D eigenvalue weighted by Crippen LogP contribution is -2.16. The molecule has 1 aliphatic rings. The Labute approximate surface area is 137 Å². The Balaban J connectivity index is 1.75. The molecule has 0 N–H and O–H groups in total. The Kier molecular flexibility index (Phi) is 4.25. The lowest BCUT2D eigenvalue weighted by molar-refractivity contribution is -0.385. The number of benzene rings is 2. The minimum atomic E-state index is -0.417. The number of ether oxygens (including phenoxy) is 3. The van der Waals surface area contributed by atoms with Crippen LogP contribution in [0, 0.1) is 17.0 Å². The number of rotatable bonds is 4. The van der Waals surface area contributed by atoms with E-state index in [-0.39, 0.29) is 12.3 Å². The van der Waals surface area contributed by atoms with Crippen molar-refractivity contribution >= 4 is 17.3 Å². The first-order chi connectivity index (χ1) is 11.0. The normalized spacial score (nSPS) is 12.8. The molecular weight excluding hydrogens is 322 g/mol. The summed E-state index contributed by atoms with van der Waals surface area (Å²) in [6, 6.07) is 8.22. The van der Waals surface area contributed by atoms with Crippen LogP contribution in [0.4, 0.5) is 5.69 Å². The lowest BCUT2D eigenvalue weighted by atomic mass is 10.2. The largest absolute Gasteiger partial charge is 0.489 e. The van der Waals surface area contributed by atoms with Gasteiger partial charge < -0.3 is 14.2 Å². The molecular formula is C16H14ClNO5. The third-order valence-electron chi connectivity index (χ3n) is 3.43. The van der Waals surface area contributed by atoms with Crippen LogP contribution in [0.25, 0.3) is 0 Å². The highest BCUT2D eigenvalue weighted by atomic mass is 35.5. The van der Waals surface area contributed by atoms with Crippen molar-refractivity contribution in [1.29, 1.82) is 0 Å². The Morgan fingerprint density at radius 1 is 1.26 bits per heavy atom. The summed E-state index contributed by atoms with van der Waals surface area (Å²) in [5, 5.41) is 11.3. The van der Waals surface area contributed by atoms with Crippen molar-refractivity contribution in [2.24, 2.45) is 0 Å². The first-order valence-electron chi connectivity index (χ1n) is 7.00. The second kappa shape index (κ2) is 6.34. The van der Waals surface area contributed by atoms with Crippen LogP contribution in [-0.4, -0.2) is 18.1 Å². The average molecular weight is 336 g/mol. The van der Waals surface area contributed by atoms with Crippen LogP contribution in [0.5, 0.6) is 17.2 Å². The van der Waals surface area contributed by atoms with E-state index in [1.807, 2.05) is 6.07 Å². The first-order valence-corrected chi connectivity index (χ1v) is 7.38. The van der Waals surface area contributed by atoms with Crippen molar-refractivity contribution in [3.8, 4) is 17.2 Å². The van der Waals surface area contributed by atoms with Crippen molar-refractivity contribution in [2.75, 3.05) is 13.2 Å².